The van der Waals surface area contributed by atoms with Gasteiger partial charge in [-0.25, -0.2) is 0 Å². The van der Waals surface area contributed by atoms with Gasteiger partial charge >= 0.3 is 0 Å². The molecule has 1 aromatic rings. The minimum atomic E-state index is -0.0121. The molecule has 0 aliphatic carbocycles. The number of carbonyl (C=O) groups is 1. The highest BCUT2D eigenvalue weighted by Gasteiger charge is 2.40. The van der Waals surface area contributed by atoms with Crippen LogP contribution in [0.25, 0.3) is 0 Å². The Morgan fingerprint density at radius 2 is 2.24 bits per heavy atom. The SMILES string of the molecule is CCCC1NC(c2cccs2)N(CC2CCOCC2)C1=O. The van der Waals surface area contributed by atoms with Crippen molar-refractivity contribution < 1.29 is 9.53 Å². The van der Waals surface area contributed by atoms with E-state index in [9.17, 15) is 4.79 Å². The summed E-state index contributed by atoms with van der Waals surface area (Å²) in [6.07, 6.45) is 4.16. The first-order valence-corrected chi connectivity index (χ1v) is 8.85. The minimum absolute atomic E-state index is 0.0121. The third kappa shape index (κ3) is 3.30. The molecule has 3 heterocycles. The molecule has 4 nitrogen and oxygen atoms in total. The number of carbonyl (C=O) groups excluding carboxylic acids is 1. The van der Waals surface area contributed by atoms with Gasteiger partial charge < -0.3 is 9.64 Å². The molecule has 1 amide bonds. The number of ether oxygens (including phenoxy) is 1. The first-order chi connectivity index (χ1) is 10.3. The van der Waals surface area contributed by atoms with Gasteiger partial charge in [0.2, 0.25) is 5.91 Å². The Morgan fingerprint density at radius 1 is 1.43 bits per heavy atom. The van der Waals surface area contributed by atoms with Crippen LogP contribution in [-0.2, 0) is 9.53 Å². The lowest BCUT2D eigenvalue weighted by Gasteiger charge is -2.30. The summed E-state index contributed by atoms with van der Waals surface area (Å²) in [7, 11) is 0. The minimum Gasteiger partial charge on any atom is -0.381 e. The van der Waals surface area contributed by atoms with E-state index in [1.807, 2.05) is 0 Å². The monoisotopic (exact) mass is 308 g/mol. The van der Waals surface area contributed by atoms with Gasteiger partial charge in [0.25, 0.3) is 0 Å². The van der Waals surface area contributed by atoms with Gasteiger partial charge in [0, 0.05) is 24.6 Å². The quantitative estimate of drug-likeness (QED) is 0.909. The van der Waals surface area contributed by atoms with Crippen molar-refractivity contribution in [3.8, 4) is 0 Å². The summed E-state index contributed by atoms with van der Waals surface area (Å²) >= 11 is 1.73. The number of thiophene rings is 1. The third-order valence-corrected chi connectivity index (χ3v) is 5.36. The van der Waals surface area contributed by atoms with Crippen molar-refractivity contribution in [2.45, 2.75) is 44.8 Å². The molecular weight excluding hydrogens is 284 g/mol. The molecule has 21 heavy (non-hydrogen) atoms. The molecule has 0 radical (unpaired) electrons. The second-order valence-corrected chi connectivity index (χ2v) is 6.95. The molecule has 2 fully saturated rings. The molecule has 0 saturated carbocycles. The Morgan fingerprint density at radius 3 is 2.90 bits per heavy atom. The topological polar surface area (TPSA) is 41.6 Å². The van der Waals surface area contributed by atoms with Crippen LogP contribution in [0.1, 0.15) is 43.6 Å². The summed E-state index contributed by atoms with van der Waals surface area (Å²) in [5, 5.41) is 5.62. The van der Waals surface area contributed by atoms with Crippen molar-refractivity contribution in [2.24, 2.45) is 5.92 Å². The van der Waals surface area contributed by atoms with Crippen molar-refractivity contribution in [1.82, 2.24) is 10.2 Å². The van der Waals surface area contributed by atoms with Gasteiger partial charge in [-0.2, -0.15) is 0 Å². The van der Waals surface area contributed by atoms with E-state index in [4.69, 9.17) is 4.74 Å². The zero-order valence-electron chi connectivity index (χ0n) is 12.6. The molecular formula is C16H24N2O2S. The summed E-state index contributed by atoms with van der Waals surface area (Å²) in [6.45, 7) is 4.67. The molecule has 0 aromatic carbocycles. The van der Waals surface area contributed by atoms with E-state index in [0.29, 0.717) is 5.92 Å². The van der Waals surface area contributed by atoms with Crippen molar-refractivity contribution >= 4 is 17.2 Å². The van der Waals surface area contributed by atoms with E-state index < -0.39 is 0 Å². The Hall–Kier alpha value is -0.910. The average molecular weight is 308 g/mol. The lowest BCUT2D eigenvalue weighted by atomic mass is 9.99. The lowest BCUT2D eigenvalue weighted by molar-refractivity contribution is -0.131. The fraction of sp³-hybridized carbons (Fsp3) is 0.688. The molecule has 5 heteroatoms. The number of hydrogen-bond donors (Lipinski definition) is 1. The van der Waals surface area contributed by atoms with Crippen LogP contribution in [0.3, 0.4) is 0 Å². The first-order valence-electron chi connectivity index (χ1n) is 7.97. The van der Waals surface area contributed by atoms with Gasteiger partial charge in [0.15, 0.2) is 0 Å². The number of rotatable bonds is 5. The van der Waals surface area contributed by atoms with E-state index in [0.717, 1.165) is 45.4 Å². The van der Waals surface area contributed by atoms with Crippen molar-refractivity contribution in [3.05, 3.63) is 22.4 Å². The zero-order chi connectivity index (χ0) is 14.7. The molecule has 2 aliphatic rings. The van der Waals surface area contributed by atoms with Gasteiger partial charge in [0.05, 0.1) is 6.04 Å². The van der Waals surface area contributed by atoms with E-state index in [1.165, 1.54) is 4.88 Å². The lowest BCUT2D eigenvalue weighted by Crippen LogP contribution is -2.36. The summed E-state index contributed by atoms with van der Waals surface area (Å²) in [4.78, 5) is 16.0. The second kappa shape index (κ2) is 6.90. The van der Waals surface area contributed by atoms with Crippen molar-refractivity contribution in [3.63, 3.8) is 0 Å². The smallest absolute Gasteiger partial charge is 0.241 e. The molecule has 2 unspecified atom stereocenters. The Labute approximate surface area is 130 Å². The standard InChI is InChI=1S/C16H24N2O2S/c1-2-4-13-16(19)18(11-12-6-8-20-9-7-12)15(17-13)14-5-3-10-21-14/h3,5,10,12-13,15,17H,2,4,6-9,11H2,1H3. The van der Waals surface area contributed by atoms with Crippen LogP contribution in [-0.4, -0.2) is 36.6 Å². The predicted molar refractivity (Wildman–Crippen MR) is 84.1 cm³/mol. The number of amides is 1. The van der Waals surface area contributed by atoms with Gasteiger partial charge in [0.1, 0.15) is 6.17 Å². The van der Waals surface area contributed by atoms with Crippen LogP contribution >= 0.6 is 11.3 Å². The largest absolute Gasteiger partial charge is 0.381 e. The molecule has 2 atom stereocenters. The number of nitrogens with one attached hydrogen (secondary N) is 1. The van der Waals surface area contributed by atoms with Crippen molar-refractivity contribution in [2.75, 3.05) is 19.8 Å². The van der Waals surface area contributed by atoms with Crippen LogP contribution in [0.2, 0.25) is 0 Å². The molecule has 116 valence electrons. The van der Waals surface area contributed by atoms with Crippen LogP contribution in [0.4, 0.5) is 0 Å². The van der Waals surface area contributed by atoms with E-state index in [1.54, 1.807) is 11.3 Å². The molecule has 0 spiro atoms. The van der Waals surface area contributed by atoms with Crippen LogP contribution in [0.5, 0.6) is 0 Å². The highest BCUT2D eigenvalue weighted by atomic mass is 32.1. The van der Waals surface area contributed by atoms with Crippen LogP contribution < -0.4 is 5.32 Å². The summed E-state index contributed by atoms with van der Waals surface area (Å²) in [6, 6.07) is 4.18. The fourth-order valence-electron chi connectivity index (χ4n) is 3.26. The first kappa shape index (κ1) is 15.0. The maximum absolute atomic E-state index is 12.7. The van der Waals surface area contributed by atoms with Gasteiger partial charge in [-0.05, 0) is 36.6 Å². The van der Waals surface area contributed by atoms with Crippen molar-refractivity contribution in [1.29, 1.82) is 0 Å². The van der Waals surface area contributed by atoms with E-state index in [-0.39, 0.29) is 18.1 Å². The molecule has 2 aliphatic heterocycles. The predicted octanol–water partition coefficient (Wildman–Crippen LogP) is 2.77. The highest BCUT2D eigenvalue weighted by molar-refractivity contribution is 7.10. The zero-order valence-corrected chi connectivity index (χ0v) is 13.4. The average Bonchev–Trinajstić information content (AvgIpc) is 3.12. The number of nitrogens with zero attached hydrogens (tertiary/aromatic N) is 1. The maximum Gasteiger partial charge on any atom is 0.241 e. The molecule has 0 bridgehead atoms. The van der Waals surface area contributed by atoms with Crippen LogP contribution in [0, 0.1) is 5.92 Å². The van der Waals surface area contributed by atoms with Crippen LogP contribution in [0.15, 0.2) is 17.5 Å². The van der Waals surface area contributed by atoms with E-state index in [2.05, 4.69) is 34.7 Å². The Kier molecular flexibility index (Phi) is 4.93. The molecule has 3 rings (SSSR count). The Bertz CT molecular complexity index is 457. The third-order valence-electron chi connectivity index (χ3n) is 4.44. The maximum atomic E-state index is 12.7. The second-order valence-electron chi connectivity index (χ2n) is 5.97. The fourth-order valence-corrected chi connectivity index (χ4v) is 4.06. The summed E-state index contributed by atoms with van der Waals surface area (Å²) in [5.74, 6) is 0.856. The molecule has 2 saturated heterocycles. The normalized spacial score (nSPS) is 27.5. The van der Waals surface area contributed by atoms with Gasteiger partial charge in [-0.15, -0.1) is 11.3 Å². The summed E-state index contributed by atoms with van der Waals surface area (Å²) < 4.78 is 5.43. The van der Waals surface area contributed by atoms with E-state index >= 15 is 0 Å². The van der Waals surface area contributed by atoms with Gasteiger partial charge in [-0.1, -0.05) is 19.4 Å². The highest BCUT2D eigenvalue weighted by Crippen LogP contribution is 2.31. The Balaban J connectivity index is 1.74. The van der Waals surface area contributed by atoms with Gasteiger partial charge in [-0.3, -0.25) is 10.1 Å². The molecule has 1 N–H and O–H groups in total. The number of hydrogen-bond acceptors (Lipinski definition) is 4. The summed E-state index contributed by atoms with van der Waals surface area (Å²) in [5.41, 5.74) is 0. The molecule has 1 aromatic heterocycles.